The van der Waals surface area contributed by atoms with Crippen LogP contribution in [0.15, 0.2) is 11.6 Å². The molecule has 4 nitrogen and oxygen atoms in total. The molecule has 0 amide bonds. The summed E-state index contributed by atoms with van der Waals surface area (Å²) in [5, 5.41) is 18.4. The Morgan fingerprint density at radius 1 is 1.12 bits per heavy atom. The van der Waals surface area contributed by atoms with Crippen molar-refractivity contribution in [3.63, 3.8) is 0 Å². The van der Waals surface area contributed by atoms with E-state index < -0.39 is 17.7 Å². The molecule has 4 aliphatic carbocycles. The van der Waals surface area contributed by atoms with Crippen molar-refractivity contribution >= 4 is 11.6 Å². The van der Waals surface area contributed by atoms with Crippen LogP contribution in [0.3, 0.4) is 0 Å². The maximum absolute atomic E-state index is 13.5. The second-order valence-electron chi connectivity index (χ2n) is 9.59. The fourth-order valence-corrected chi connectivity index (χ4v) is 7.21. The van der Waals surface area contributed by atoms with E-state index in [1.54, 1.807) is 0 Å². The molecule has 4 rings (SSSR count). The first-order chi connectivity index (χ1) is 12.1. The predicted octanol–water partition coefficient (Wildman–Crippen LogP) is 3.31. The summed E-state index contributed by atoms with van der Waals surface area (Å²) in [6.07, 6.45) is 8.50. The molecular formula is C21H29FO4. The highest BCUT2D eigenvalue weighted by atomic mass is 19.2. The van der Waals surface area contributed by atoms with E-state index in [9.17, 15) is 24.2 Å². The lowest BCUT2D eigenvalue weighted by Gasteiger charge is -2.58. The van der Waals surface area contributed by atoms with Crippen molar-refractivity contribution < 1.29 is 24.2 Å². The standard InChI is InChI=1S/C21H29FO4/c1-19-9-7-13(23)11-12(19)3-4-14-15-5-6-17(18(24)21(22,25)26)20(15,2)10-8-16(14)19/h11,14-17,25-26H,3-10H2,1-2H3/t14-,15-,16-,17+,19-,20-/m0/s1. The first kappa shape index (κ1) is 18.3. The molecule has 2 N–H and O–H groups in total. The van der Waals surface area contributed by atoms with Crippen LogP contribution in [-0.4, -0.2) is 27.8 Å². The minimum absolute atomic E-state index is 0.0675. The van der Waals surface area contributed by atoms with Crippen molar-refractivity contribution in [1.29, 1.82) is 0 Å². The second-order valence-corrected chi connectivity index (χ2v) is 9.59. The molecule has 0 aromatic carbocycles. The number of aliphatic hydroxyl groups is 2. The van der Waals surface area contributed by atoms with Crippen molar-refractivity contribution in [3.8, 4) is 0 Å². The Morgan fingerprint density at radius 3 is 2.54 bits per heavy atom. The van der Waals surface area contributed by atoms with Crippen LogP contribution in [-0.2, 0) is 9.59 Å². The third kappa shape index (κ3) is 2.46. The van der Waals surface area contributed by atoms with Crippen LogP contribution in [0.25, 0.3) is 0 Å². The molecule has 26 heavy (non-hydrogen) atoms. The number of fused-ring (bicyclic) bond motifs is 5. The number of hydrogen-bond donors (Lipinski definition) is 2. The molecule has 144 valence electrons. The van der Waals surface area contributed by atoms with Gasteiger partial charge in [0, 0.05) is 12.3 Å². The lowest BCUT2D eigenvalue weighted by Crippen LogP contribution is -2.52. The van der Waals surface area contributed by atoms with Crippen LogP contribution in [0.1, 0.15) is 65.2 Å². The minimum Gasteiger partial charge on any atom is -0.334 e. The largest absolute Gasteiger partial charge is 0.377 e. The van der Waals surface area contributed by atoms with Crippen LogP contribution >= 0.6 is 0 Å². The number of rotatable bonds is 2. The summed E-state index contributed by atoms with van der Waals surface area (Å²) in [7, 11) is 0. The van der Waals surface area contributed by atoms with Gasteiger partial charge in [0.05, 0.1) is 0 Å². The lowest BCUT2D eigenvalue weighted by molar-refractivity contribution is -0.249. The average Bonchev–Trinajstić information content (AvgIpc) is 2.91. The fraction of sp³-hybridized carbons (Fsp3) is 0.810. The maximum Gasteiger partial charge on any atom is 0.377 e. The van der Waals surface area contributed by atoms with Gasteiger partial charge < -0.3 is 10.2 Å². The van der Waals surface area contributed by atoms with Gasteiger partial charge in [0.1, 0.15) is 0 Å². The van der Waals surface area contributed by atoms with Gasteiger partial charge in [-0.3, -0.25) is 9.59 Å². The topological polar surface area (TPSA) is 74.6 Å². The zero-order valence-electron chi connectivity index (χ0n) is 15.6. The van der Waals surface area contributed by atoms with E-state index in [1.807, 2.05) is 13.0 Å². The molecule has 6 atom stereocenters. The minimum atomic E-state index is -3.72. The first-order valence-electron chi connectivity index (χ1n) is 9.99. The van der Waals surface area contributed by atoms with Gasteiger partial charge in [0.15, 0.2) is 5.78 Å². The van der Waals surface area contributed by atoms with Crippen LogP contribution in [0.5, 0.6) is 0 Å². The number of hydrogen-bond acceptors (Lipinski definition) is 4. The number of carbonyl (C=O) groups excluding carboxylic acids is 2. The number of carbonyl (C=O) groups is 2. The molecule has 3 saturated carbocycles. The average molecular weight is 364 g/mol. The van der Waals surface area contributed by atoms with E-state index >= 15 is 0 Å². The molecule has 3 fully saturated rings. The summed E-state index contributed by atoms with van der Waals surface area (Å²) in [5.74, 6) is -0.158. The van der Waals surface area contributed by atoms with E-state index in [2.05, 4.69) is 6.92 Å². The second kappa shape index (κ2) is 5.71. The third-order valence-electron chi connectivity index (χ3n) is 8.59. The number of ketones is 2. The highest BCUT2D eigenvalue weighted by Crippen LogP contribution is 2.66. The van der Waals surface area contributed by atoms with E-state index in [1.165, 1.54) is 5.57 Å². The van der Waals surface area contributed by atoms with Crippen molar-refractivity contribution in [2.45, 2.75) is 71.3 Å². The summed E-state index contributed by atoms with van der Waals surface area (Å²) in [5.41, 5.74) is 1.01. The van der Waals surface area contributed by atoms with E-state index in [0.29, 0.717) is 30.6 Å². The molecule has 0 saturated heterocycles. The van der Waals surface area contributed by atoms with Gasteiger partial charge >= 0.3 is 6.04 Å². The van der Waals surface area contributed by atoms with E-state index in [4.69, 9.17) is 0 Å². The third-order valence-corrected chi connectivity index (χ3v) is 8.59. The van der Waals surface area contributed by atoms with Gasteiger partial charge in [-0.05, 0) is 79.6 Å². The zero-order chi connectivity index (χ0) is 18.9. The van der Waals surface area contributed by atoms with Crippen molar-refractivity contribution in [2.24, 2.45) is 34.5 Å². The molecule has 4 aliphatic rings. The van der Waals surface area contributed by atoms with Gasteiger partial charge in [0.2, 0.25) is 5.78 Å². The highest BCUT2D eigenvalue weighted by Gasteiger charge is 2.61. The molecular weight excluding hydrogens is 335 g/mol. The molecule has 0 radical (unpaired) electrons. The summed E-state index contributed by atoms with van der Waals surface area (Å²) in [6.45, 7) is 4.35. The monoisotopic (exact) mass is 364 g/mol. The lowest BCUT2D eigenvalue weighted by atomic mass is 9.46. The Kier molecular flexibility index (Phi) is 4.02. The maximum atomic E-state index is 13.5. The summed E-state index contributed by atoms with van der Waals surface area (Å²) >= 11 is 0. The molecule has 0 aromatic rings. The van der Waals surface area contributed by atoms with Crippen molar-refractivity contribution in [2.75, 3.05) is 0 Å². The van der Waals surface area contributed by atoms with Crippen molar-refractivity contribution in [3.05, 3.63) is 11.6 Å². The predicted molar refractivity (Wildman–Crippen MR) is 93.5 cm³/mol. The molecule has 0 heterocycles. The SMILES string of the molecule is C[C@]12CC[C@H]3[C@@H](CCC4=CC(=O)CC[C@@]43C)[C@@H]1CC[C@@H]2C(=O)C(O)(O)F. The first-order valence-corrected chi connectivity index (χ1v) is 9.99. The van der Waals surface area contributed by atoms with E-state index in [0.717, 1.165) is 38.5 Å². The van der Waals surface area contributed by atoms with E-state index in [-0.39, 0.29) is 16.6 Å². The molecule has 0 aromatic heterocycles. The van der Waals surface area contributed by atoms with Gasteiger partial charge in [-0.15, -0.1) is 0 Å². The van der Waals surface area contributed by atoms with Crippen LogP contribution in [0, 0.1) is 34.5 Å². The normalized spacial score (nSPS) is 45.4. The Morgan fingerprint density at radius 2 is 1.85 bits per heavy atom. The van der Waals surface area contributed by atoms with Crippen LogP contribution < -0.4 is 0 Å². The van der Waals surface area contributed by atoms with Gasteiger partial charge in [0.25, 0.3) is 0 Å². The number of alkyl halides is 1. The molecule has 0 aliphatic heterocycles. The summed E-state index contributed by atoms with van der Waals surface area (Å²) in [6, 6.07) is -3.72. The molecule has 0 unspecified atom stereocenters. The smallest absolute Gasteiger partial charge is 0.334 e. The number of halogens is 1. The number of Topliss-reactive ketones (excluding diaryl/α,β-unsaturated/α-hetero) is 1. The molecule has 5 heteroatoms. The fourth-order valence-electron chi connectivity index (χ4n) is 7.21. The Labute approximate surface area is 153 Å². The van der Waals surface area contributed by atoms with Crippen LogP contribution in [0.2, 0.25) is 0 Å². The zero-order valence-corrected chi connectivity index (χ0v) is 15.6. The van der Waals surface area contributed by atoms with Gasteiger partial charge in [-0.2, -0.15) is 4.39 Å². The Bertz CT molecular complexity index is 678. The summed E-state index contributed by atoms with van der Waals surface area (Å²) in [4.78, 5) is 24.2. The van der Waals surface area contributed by atoms with Gasteiger partial charge in [-0.25, -0.2) is 0 Å². The number of allylic oxidation sites excluding steroid dienone is 1. The van der Waals surface area contributed by atoms with Crippen LogP contribution in [0.4, 0.5) is 4.39 Å². The van der Waals surface area contributed by atoms with Crippen molar-refractivity contribution in [1.82, 2.24) is 0 Å². The molecule has 0 bridgehead atoms. The Balaban J connectivity index is 1.63. The highest BCUT2D eigenvalue weighted by molar-refractivity contribution is 5.91. The van der Waals surface area contributed by atoms with Gasteiger partial charge in [-0.1, -0.05) is 19.4 Å². The summed E-state index contributed by atoms with van der Waals surface area (Å²) < 4.78 is 13.5. The Hall–Kier alpha value is -1.07. The quantitative estimate of drug-likeness (QED) is 0.737. The molecule has 0 spiro atoms.